The molecule has 1 N–H and O–H groups in total. The number of anilines is 2. The van der Waals surface area contributed by atoms with Crippen LogP contribution in [0.4, 0.5) is 11.5 Å². The maximum atomic E-state index is 5.49. The van der Waals surface area contributed by atoms with E-state index >= 15 is 0 Å². The van der Waals surface area contributed by atoms with Crippen molar-refractivity contribution in [3.05, 3.63) is 18.3 Å². The molecule has 20 heavy (non-hydrogen) atoms. The van der Waals surface area contributed by atoms with E-state index in [4.69, 9.17) is 9.47 Å². The van der Waals surface area contributed by atoms with Crippen molar-refractivity contribution in [2.24, 2.45) is 5.92 Å². The zero-order chi connectivity index (χ0) is 13.6. The van der Waals surface area contributed by atoms with E-state index in [2.05, 4.69) is 27.3 Å². The smallest absolute Gasteiger partial charge is 0.128 e. The van der Waals surface area contributed by atoms with Crippen molar-refractivity contribution in [2.45, 2.75) is 12.8 Å². The molecule has 3 heterocycles. The summed E-state index contributed by atoms with van der Waals surface area (Å²) >= 11 is 0. The van der Waals surface area contributed by atoms with Gasteiger partial charge in [0.05, 0.1) is 31.7 Å². The number of pyridine rings is 1. The topological polar surface area (TPSA) is 46.6 Å². The average molecular weight is 277 g/mol. The summed E-state index contributed by atoms with van der Waals surface area (Å²) in [5, 5.41) is 3.46. The summed E-state index contributed by atoms with van der Waals surface area (Å²) in [5.41, 5.74) is 1.09. The van der Waals surface area contributed by atoms with Crippen LogP contribution in [0, 0.1) is 5.92 Å². The zero-order valence-corrected chi connectivity index (χ0v) is 11.9. The Bertz CT molecular complexity index is 398. The Balaban J connectivity index is 1.50. The highest BCUT2D eigenvalue weighted by atomic mass is 16.5. The molecular weight excluding hydrogens is 254 g/mol. The maximum Gasteiger partial charge on any atom is 0.128 e. The minimum atomic E-state index is 0.627. The highest BCUT2D eigenvalue weighted by Crippen LogP contribution is 2.17. The molecule has 5 nitrogen and oxygen atoms in total. The minimum Gasteiger partial charge on any atom is -0.383 e. The molecule has 1 aromatic heterocycles. The van der Waals surface area contributed by atoms with Gasteiger partial charge in [-0.15, -0.1) is 0 Å². The number of nitrogens with one attached hydrogen (secondary N) is 1. The van der Waals surface area contributed by atoms with Gasteiger partial charge in [0.25, 0.3) is 0 Å². The predicted molar refractivity (Wildman–Crippen MR) is 79.3 cm³/mol. The summed E-state index contributed by atoms with van der Waals surface area (Å²) in [6.45, 7) is 6.22. The predicted octanol–water partition coefficient (Wildman–Crippen LogP) is 1.76. The lowest BCUT2D eigenvalue weighted by Gasteiger charge is -2.28. The molecule has 0 aliphatic carbocycles. The number of aromatic nitrogens is 1. The van der Waals surface area contributed by atoms with Gasteiger partial charge in [0.1, 0.15) is 5.82 Å². The fraction of sp³-hybridized carbons (Fsp3) is 0.667. The number of nitrogens with zero attached hydrogens (tertiary/aromatic N) is 2. The number of morpholine rings is 1. The Kier molecular flexibility index (Phi) is 4.71. The number of rotatable bonds is 4. The number of hydrogen-bond acceptors (Lipinski definition) is 5. The third kappa shape index (κ3) is 3.61. The van der Waals surface area contributed by atoms with Gasteiger partial charge in [0, 0.05) is 26.2 Å². The Morgan fingerprint density at radius 1 is 1.20 bits per heavy atom. The first kappa shape index (κ1) is 13.6. The quantitative estimate of drug-likeness (QED) is 0.908. The molecule has 0 radical (unpaired) electrons. The molecule has 0 amide bonds. The highest BCUT2D eigenvalue weighted by Gasteiger charge is 2.14. The molecule has 1 atom stereocenters. The maximum absolute atomic E-state index is 5.49. The van der Waals surface area contributed by atoms with Crippen LogP contribution >= 0.6 is 0 Å². The molecule has 2 fully saturated rings. The Morgan fingerprint density at radius 2 is 2.10 bits per heavy atom. The van der Waals surface area contributed by atoms with Crippen molar-refractivity contribution in [1.82, 2.24) is 4.98 Å². The van der Waals surface area contributed by atoms with Gasteiger partial charge in [-0.25, -0.2) is 4.98 Å². The molecule has 5 heteroatoms. The van der Waals surface area contributed by atoms with Crippen LogP contribution in [0.15, 0.2) is 18.3 Å². The van der Waals surface area contributed by atoms with E-state index in [0.717, 1.165) is 57.6 Å². The van der Waals surface area contributed by atoms with Crippen molar-refractivity contribution in [3.8, 4) is 0 Å². The van der Waals surface area contributed by atoms with Crippen molar-refractivity contribution in [3.63, 3.8) is 0 Å². The van der Waals surface area contributed by atoms with Crippen LogP contribution in [-0.2, 0) is 9.47 Å². The van der Waals surface area contributed by atoms with Crippen LogP contribution in [0.3, 0.4) is 0 Å². The zero-order valence-electron chi connectivity index (χ0n) is 11.9. The molecular formula is C15H23N3O2. The van der Waals surface area contributed by atoms with E-state index < -0.39 is 0 Å². The molecule has 0 spiro atoms. The Morgan fingerprint density at radius 3 is 2.80 bits per heavy atom. The highest BCUT2D eigenvalue weighted by molar-refractivity contribution is 5.48. The van der Waals surface area contributed by atoms with Crippen LogP contribution in [0.1, 0.15) is 12.8 Å². The van der Waals surface area contributed by atoms with Crippen molar-refractivity contribution in [1.29, 1.82) is 0 Å². The molecule has 3 rings (SSSR count). The molecule has 2 aliphatic rings. The van der Waals surface area contributed by atoms with Gasteiger partial charge in [-0.05, 0) is 30.9 Å². The molecule has 0 aromatic carbocycles. The van der Waals surface area contributed by atoms with Gasteiger partial charge in [-0.1, -0.05) is 0 Å². The largest absolute Gasteiger partial charge is 0.383 e. The van der Waals surface area contributed by atoms with E-state index in [1.807, 2.05) is 6.20 Å². The second-order valence-corrected chi connectivity index (χ2v) is 5.47. The first-order valence-electron chi connectivity index (χ1n) is 7.52. The molecule has 110 valence electrons. The van der Waals surface area contributed by atoms with Crippen LogP contribution in [0.5, 0.6) is 0 Å². The fourth-order valence-corrected chi connectivity index (χ4v) is 2.70. The van der Waals surface area contributed by atoms with Crippen molar-refractivity contribution < 1.29 is 9.47 Å². The molecule has 0 saturated carbocycles. The van der Waals surface area contributed by atoms with Gasteiger partial charge in [-0.3, -0.25) is 0 Å². The van der Waals surface area contributed by atoms with Crippen LogP contribution in [-0.4, -0.2) is 51.0 Å². The standard InChI is InChI=1S/C15H23N3O2/c1-2-13(12-20-7-1)10-16-14-3-4-15(17-11-14)18-5-8-19-9-6-18/h3-4,11,13,16H,1-2,5-10,12H2. The summed E-state index contributed by atoms with van der Waals surface area (Å²) in [4.78, 5) is 6.81. The normalized spacial score (nSPS) is 23.6. The molecule has 1 unspecified atom stereocenters. The third-order valence-electron chi connectivity index (χ3n) is 3.93. The molecule has 2 saturated heterocycles. The first-order chi connectivity index (χ1) is 9.92. The minimum absolute atomic E-state index is 0.627. The lowest BCUT2D eigenvalue weighted by Crippen LogP contribution is -2.36. The van der Waals surface area contributed by atoms with Crippen LogP contribution < -0.4 is 10.2 Å². The van der Waals surface area contributed by atoms with Gasteiger partial charge in [0.15, 0.2) is 0 Å². The number of hydrogen-bond donors (Lipinski definition) is 1. The summed E-state index contributed by atoms with van der Waals surface area (Å²) in [6.07, 6.45) is 4.36. The molecule has 0 bridgehead atoms. The van der Waals surface area contributed by atoms with E-state index in [0.29, 0.717) is 5.92 Å². The van der Waals surface area contributed by atoms with Crippen LogP contribution in [0.25, 0.3) is 0 Å². The van der Waals surface area contributed by atoms with Gasteiger partial charge >= 0.3 is 0 Å². The molecule has 2 aliphatic heterocycles. The lowest BCUT2D eigenvalue weighted by atomic mass is 10.0. The van der Waals surface area contributed by atoms with Crippen molar-refractivity contribution in [2.75, 3.05) is 56.3 Å². The Hall–Kier alpha value is -1.33. The Labute approximate surface area is 120 Å². The molecule has 1 aromatic rings. The summed E-state index contributed by atoms with van der Waals surface area (Å²) in [6, 6.07) is 4.20. The average Bonchev–Trinajstić information content (AvgIpc) is 2.55. The van der Waals surface area contributed by atoms with Gasteiger partial charge in [0.2, 0.25) is 0 Å². The van der Waals surface area contributed by atoms with Crippen LogP contribution in [0.2, 0.25) is 0 Å². The van der Waals surface area contributed by atoms with Crippen molar-refractivity contribution >= 4 is 11.5 Å². The monoisotopic (exact) mass is 277 g/mol. The first-order valence-corrected chi connectivity index (χ1v) is 7.52. The number of ether oxygens (including phenoxy) is 2. The van der Waals surface area contributed by atoms with Gasteiger partial charge in [-0.2, -0.15) is 0 Å². The van der Waals surface area contributed by atoms with E-state index in [1.54, 1.807) is 0 Å². The lowest BCUT2D eigenvalue weighted by molar-refractivity contribution is 0.0595. The summed E-state index contributed by atoms with van der Waals surface area (Å²) in [5.74, 6) is 1.67. The van der Waals surface area contributed by atoms with E-state index in [9.17, 15) is 0 Å². The van der Waals surface area contributed by atoms with E-state index in [-0.39, 0.29) is 0 Å². The second-order valence-electron chi connectivity index (χ2n) is 5.47. The third-order valence-corrected chi connectivity index (χ3v) is 3.93. The second kappa shape index (κ2) is 6.90. The van der Waals surface area contributed by atoms with Gasteiger partial charge < -0.3 is 19.7 Å². The van der Waals surface area contributed by atoms with E-state index in [1.165, 1.54) is 12.8 Å². The summed E-state index contributed by atoms with van der Waals surface area (Å²) < 4.78 is 10.9. The summed E-state index contributed by atoms with van der Waals surface area (Å²) in [7, 11) is 0. The SMILES string of the molecule is c1cc(N2CCOCC2)ncc1NCC1CCCOC1. The fourth-order valence-electron chi connectivity index (χ4n) is 2.70.